The van der Waals surface area contributed by atoms with E-state index < -0.39 is 0 Å². The number of benzene rings is 2. The Hall–Kier alpha value is -2.60. The van der Waals surface area contributed by atoms with Crippen LogP contribution in [0.2, 0.25) is 0 Å². The number of hydrogen-bond acceptors (Lipinski definition) is 4. The van der Waals surface area contributed by atoms with Crippen molar-refractivity contribution in [2.45, 2.75) is 0 Å². The summed E-state index contributed by atoms with van der Waals surface area (Å²) in [5.74, 6) is 0.890. The first kappa shape index (κ1) is 14.8. The van der Waals surface area contributed by atoms with Crippen LogP contribution in [0.15, 0.2) is 47.6 Å². The third kappa shape index (κ3) is 3.93. The number of nitrogens with one attached hydrogen (secondary N) is 1. The molecule has 0 heterocycles. The number of hydrogen-bond donors (Lipinski definition) is 3. The third-order valence-corrected chi connectivity index (χ3v) is 2.90. The van der Waals surface area contributed by atoms with E-state index in [1.54, 1.807) is 13.2 Å². The van der Waals surface area contributed by atoms with Crippen LogP contribution >= 0.6 is 12.2 Å². The van der Waals surface area contributed by atoms with E-state index in [0.717, 1.165) is 16.9 Å². The van der Waals surface area contributed by atoms with Gasteiger partial charge in [-0.3, -0.25) is 5.43 Å². The summed E-state index contributed by atoms with van der Waals surface area (Å²) in [6, 6.07) is 12.9. The minimum Gasteiger partial charge on any atom is -0.507 e. The van der Waals surface area contributed by atoms with Crippen LogP contribution in [0.5, 0.6) is 11.5 Å². The van der Waals surface area contributed by atoms with Gasteiger partial charge in [0.05, 0.1) is 13.3 Å². The lowest BCUT2D eigenvalue weighted by Crippen LogP contribution is -2.23. The smallest absolute Gasteiger partial charge is 0.184 e. The predicted molar refractivity (Wildman–Crippen MR) is 87.6 cm³/mol. The molecule has 0 spiro atoms. The van der Waals surface area contributed by atoms with Gasteiger partial charge in [-0.15, -0.1) is 0 Å². The average molecular weight is 301 g/mol. The first-order chi connectivity index (χ1) is 10.1. The summed E-state index contributed by atoms with van der Waals surface area (Å²) >= 11 is 4.65. The first-order valence-electron chi connectivity index (χ1n) is 6.16. The van der Waals surface area contributed by atoms with E-state index in [4.69, 9.17) is 10.5 Å². The van der Waals surface area contributed by atoms with Crippen LogP contribution in [0, 0.1) is 0 Å². The minimum atomic E-state index is 0.0645. The van der Waals surface area contributed by atoms with Gasteiger partial charge < -0.3 is 15.6 Å². The monoisotopic (exact) mass is 301 g/mol. The van der Waals surface area contributed by atoms with E-state index in [2.05, 4.69) is 22.7 Å². The van der Waals surface area contributed by atoms with Gasteiger partial charge in [0.1, 0.15) is 11.5 Å². The maximum Gasteiger partial charge on any atom is 0.184 e. The van der Waals surface area contributed by atoms with Crippen molar-refractivity contribution in [3.63, 3.8) is 0 Å². The summed E-state index contributed by atoms with van der Waals surface area (Å²) in [5, 5.41) is 13.7. The highest BCUT2D eigenvalue weighted by Crippen LogP contribution is 2.27. The van der Waals surface area contributed by atoms with E-state index in [1.807, 2.05) is 36.4 Å². The number of hydrazone groups is 1. The molecule has 0 bridgehead atoms. The standard InChI is InChI=1S/C15H15N3O2S/c1-20-13-4-2-3-10(8-13)11-5-6-14(19)12(7-11)9-17-18-15(16)21/h2-9,19H,1H3,(H3,16,18,21). The molecule has 4 N–H and O–H groups in total. The van der Waals surface area contributed by atoms with Gasteiger partial charge in [0.15, 0.2) is 5.11 Å². The molecule has 21 heavy (non-hydrogen) atoms. The van der Waals surface area contributed by atoms with Crippen molar-refractivity contribution < 1.29 is 9.84 Å². The summed E-state index contributed by atoms with van der Waals surface area (Å²) in [4.78, 5) is 0. The molecule has 0 saturated carbocycles. The molecule has 6 heteroatoms. The molecule has 0 radical (unpaired) electrons. The van der Waals surface area contributed by atoms with Crippen molar-refractivity contribution in [2.75, 3.05) is 7.11 Å². The first-order valence-corrected chi connectivity index (χ1v) is 6.57. The fourth-order valence-corrected chi connectivity index (χ4v) is 1.86. The molecule has 0 aliphatic rings. The number of aromatic hydroxyl groups is 1. The van der Waals surface area contributed by atoms with Crippen molar-refractivity contribution in [2.24, 2.45) is 10.8 Å². The summed E-state index contributed by atoms with van der Waals surface area (Å²) in [6.07, 6.45) is 1.46. The Morgan fingerprint density at radius 3 is 2.76 bits per heavy atom. The van der Waals surface area contributed by atoms with E-state index in [0.29, 0.717) is 5.56 Å². The minimum absolute atomic E-state index is 0.0645. The highest BCUT2D eigenvalue weighted by atomic mass is 32.1. The Morgan fingerprint density at radius 1 is 1.29 bits per heavy atom. The number of ether oxygens (including phenoxy) is 1. The van der Waals surface area contributed by atoms with Crippen LogP contribution in [0.25, 0.3) is 11.1 Å². The van der Waals surface area contributed by atoms with Crippen LogP contribution < -0.4 is 15.9 Å². The highest BCUT2D eigenvalue weighted by molar-refractivity contribution is 7.80. The lowest BCUT2D eigenvalue weighted by Gasteiger charge is -2.07. The Kier molecular flexibility index (Phi) is 4.73. The molecule has 0 atom stereocenters. The number of phenolic OH excluding ortho intramolecular Hbond substituents is 1. The number of rotatable bonds is 4. The van der Waals surface area contributed by atoms with Crippen molar-refractivity contribution in [1.29, 1.82) is 0 Å². The number of nitrogens with two attached hydrogens (primary N) is 1. The van der Waals surface area contributed by atoms with Crippen LogP contribution in [-0.2, 0) is 0 Å². The summed E-state index contributed by atoms with van der Waals surface area (Å²) < 4.78 is 5.21. The molecule has 0 aromatic heterocycles. The van der Waals surface area contributed by atoms with Crippen LogP contribution in [0.4, 0.5) is 0 Å². The molecule has 5 nitrogen and oxygen atoms in total. The lowest BCUT2D eigenvalue weighted by molar-refractivity contribution is 0.415. The zero-order chi connectivity index (χ0) is 15.2. The second-order valence-corrected chi connectivity index (χ2v) is 4.68. The van der Waals surface area contributed by atoms with Crippen molar-refractivity contribution in [1.82, 2.24) is 5.43 Å². The zero-order valence-electron chi connectivity index (χ0n) is 11.4. The normalized spacial score (nSPS) is 10.5. The van der Waals surface area contributed by atoms with Gasteiger partial charge in [-0.1, -0.05) is 18.2 Å². The summed E-state index contributed by atoms with van der Waals surface area (Å²) in [6.45, 7) is 0. The van der Waals surface area contributed by atoms with Gasteiger partial charge in [-0.25, -0.2) is 0 Å². The largest absolute Gasteiger partial charge is 0.507 e. The average Bonchev–Trinajstić information content (AvgIpc) is 2.49. The zero-order valence-corrected chi connectivity index (χ0v) is 12.2. The van der Waals surface area contributed by atoms with Crippen LogP contribution in [0.3, 0.4) is 0 Å². The van der Waals surface area contributed by atoms with Crippen molar-refractivity contribution in [3.8, 4) is 22.6 Å². The second kappa shape index (κ2) is 6.71. The van der Waals surface area contributed by atoms with E-state index in [-0.39, 0.29) is 10.9 Å². The molecule has 2 aromatic rings. The molecular formula is C15H15N3O2S. The van der Waals surface area contributed by atoms with Gasteiger partial charge in [0, 0.05) is 5.56 Å². The number of nitrogens with zero attached hydrogens (tertiary/aromatic N) is 1. The molecule has 0 amide bonds. The second-order valence-electron chi connectivity index (χ2n) is 4.24. The Morgan fingerprint density at radius 2 is 2.05 bits per heavy atom. The molecule has 0 aliphatic heterocycles. The van der Waals surface area contributed by atoms with Crippen LogP contribution in [-0.4, -0.2) is 23.5 Å². The van der Waals surface area contributed by atoms with Crippen LogP contribution in [0.1, 0.15) is 5.56 Å². The molecule has 2 aromatic carbocycles. The molecule has 0 fully saturated rings. The molecule has 0 saturated heterocycles. The summed E-state index contributed by atoms with van der Waals surface area (Å²) in [7, 11) is 1.62. The fourth-order valence-electron chi connectivity index (χ4n) is 1.81. The fraction of sp³-hybridized carbons (Fsp3) is 0.0667. The maximum atomic E-state index is 9.84. The number of phenols is 1. The molecule has 0 aliphatic carbocycles. The third-order valence-electron chi connectivity index (χ3n) is 2.81. The highest BCUT2D eigenvalue weighted by Gasteiger charge is 2.04. The summed E-state index contributed by atoms with van der Waals surface area (Å²) in [5.41, 5.74) is 10.2. The Bertz CT molecular complexity index is 686. The van der Waals surface area contributed by atoms with Gasteiger partial charge in [0.2, 0.25) is 0 Å². The number of thiocarbonyl (C=S) groups is 1. The molecule has 2 rings (SSSR count). The van der Waals surface area contributed by atoms with E-state index in [9.17, 15) is 5.11 Å². The van der Waals surface area contributed by atoms with E-state index in [1.165, 1.54) is 6.21 Å². The topological polar surface area (TPSA) is 79.9 Å². The Balaban J connectivity index is 2.33. The van der Waals surface area contributed by atoms with Gasteiger partial charge in [-0.2, -0.15) is 5.10 Å². The van der Waals surface area contributed by atoms with Gasteiger partial charge in [0.25, 0.3) is 0 Å². The number of methoxy groups -OCH3 is 1. The Labute approximate surface area is 128 Å². The molecular weight excluding hydrogens is 286 g/mol. The van der Waals surface area contributed by atoms with Crippen molar-refractivity contribution in [3.05, 3.63) is 48.0 Å². The van der Waals surface area contributed by atoms with E-state index >= 15 is 0 Å². The maximum absolute atomic E-state index is 9.84. The molecule has 0 unspecified atom stereocenters. The van der Waals surface area contributed by atoms with Gasteiger partial charge in [-0.05, 0) is 47.6 Å². The van der Waals surface area contributed by atoms with Crippen molar-refractivity contribution >= 4 is 23.5 Å². The molecule has 108 valence electrons. The lowest BCUT2D eigenvalue weighted by atomic mass is 10.0. The quantitative estimate of drug-likeness (QED) is 0.458. The predicted octanol–water partition coefficient (Wildman–Crippen LogP) is 2.23. The SMILES string of the molecule is COc1cccc(-c2ccc(O)c(C=NNC(N)=S)c2)c1. The van der Waals surface area contributed by atoms with Gasteiger partial charge >= 0.3 is 0 Å².